The zero-order valence-corrected chi connectivity index (χ0v) is 13.4. The van der Waals surface area contributed by atoms with E-state index in [9.17, 15) is 0 Å². The van der Waals surface area contributed by atoms with Gasteiger partial charge in [-0.05, 0) is 38.3 Å². The topological polar surface area (TPSA) is 41.1 Å². The van der Waals surface area contributed by atoms with E-state index in [1.807, 2.05) is 6.92 Å². The maximum atomic E-state index is 4.33. The maximum Gasteiger partial charge on any atom is 0.132 e. The van der Waals surface area contributed by atoms with E-state index in [-0.39, 0.29) is 0 Å². The van der Waals surface area contributed by atoms with Crippen LogP contribution in [0.15, 0.2) is 36.7 Å². The first kappa shape index (κ1) is 15.0. The second kappa shape index (κ2) is 6.88. The molecule has 116 valence electrons. The van der Waals surface area contributed by atoms with Crippen LogP contribution in [0.25, 0.3) is 0 Å². The molecule has 1 aliphatic rings. The zero-order chi connectivity index (χ0) is 15.4. The van der Waals surface area contributed by atoms with Crippen molar-refractivity contribution in [1.82, 2.24) is 14.9 Å². The molecule has 1 aliphatic heterocycles. The lowest BCUT2D eigenvalue weighted by Gasteiger charge is -2.17. The highest BCUT2D eigenvalue weighted by atomic mass is 15.2. The number of nitrogens with zero attached hydrogens (tertiary/aromatic N) is 3. The number of likely N-dealkylation sites (tertiary alicyclic amines) is 1. The van der Waals surface area contributed by atoms with Gasteiger partial charge < -0.3 is 10.2 Å². The van der Waals surface area contributed by atoms with Crippen LogP contribution < -0.4 is 5.32 Å². The average molecular weight is 296 g/mol. The van der Waals surface area contributed by atoms with Gasteiger partial charge in [0.15, 0.2) is 0 Å². The number of hydrogen-bond donors (Lipinski definition) is 1. The highest BCUT2D eigenvalue weighted by molar-refractivity contribution is 5.44. The Labute approximate surface area is 132 Å². The van der Waals surface area contributed by atoms with Crippen molar-refractivity contribution in [3.8, 4) is 0 Å². The smallest absolute Gasteiger partial charge is 0.132 e. The third-order valence-corrected chi connectivity index (χ3v) is 4.60. The summed E-state index contributed by atoms with van der Waals surface area (Å²) >= 11 is 0. The van der Waals surface area contributed by atoms with Crippen LogP contribution in [-0.2, 0) is 0 Å². The molecular weight excluding hydrogens is 272 g/mol. The monoisotopic (exact) mass is 296 g/mol. The average Bonchev–Trinajstić information content (AvgIpc) is 3.01. The molecule has 0 spiro atoms. The molecular formula is C18H24N4. The molecule has 22 heavy (non-hydrogen) atoms. The maximum absolute atomic E-state index is 4.33. The molecule has 1 saturated heterocycles. The fraction of sp³-hybridized carbons (Fsp3) is 0.444. The third-order valence-electron chi connectivity index (χ3n) is 4.60. The predicted octanol–water partition coefficient (Wildman–Crippen LogP) is 2.99. The first-order chi connectivity index (χ1) is 10.7. The summed E-state index contributed by atoms with van der Waals surface area (Å²) in [5.41, 5.74) is 3.66. The van der Waals surface area contributed by atoms with Crippen molar-refractivity contribution in [2.75, 3.05) is 31.5 Å². The van der Waals surface area contributed by atoms with Crippen molar-refractivity contribution in [2.45, 2.75) is 26.2 Å². The molecule has 0 amide bonds. The minimum Gasteiger partial charge on any atom is -0.368 e. The van der Waals surface area contributed by atoms with Gasteiger partial charge in [0.25, 0.3) is 0 Å². The van der Waals surface area contributed by atoms with Gasteiger partial charge in [-0.25, -0.2) is 9.97 Å². The highest BCUT2D eigenvalue weighted by Gasteiger charge is 2.23. The van der Waals surface area contributed by atoms with Crippen LogP contribution in [0.5, 0.6) is 0 Å². The molecule has 4 nitrogen and oxygen atoms in total. The molecule has 1 aromatic heterocycles. The SMILES string of the molecule is Cc1ncnc(NCCN2CC[C@H](c3ccccc3)C2)c1C. The predicted molar refractivity (Wildman–Crippen MR) is 90.2 cm³/mol. The van der Waals surface area contributed by atoms with E-state index < -0.39 is 0 Å². The van der Waals surface area contributed by atoms with Gasteiger partial charge in [-0.1, -0.05) is 30.3 Å². The van der Waals surface area contributed by atoms with E-state index in [0.29, 0.717) is 5.92 Å². The molecule has 2 aromatic rings. The van der Waals surface area contributed by atoms with Crippen molar-refractivity contribution >= 4 is 5.82 Å². The Hall–Kier alpha value is -1.94. The molecule has 0 saturated carbocycles. The van der Waals surface area contributed by atoms with Gasteiger partial charge in [0.2, 0.25) is 0 Å². The number of rotatable bonds is 5. The van der Waals surface area contributed by atoms with Crippen molar-refractivity contribution in [3.63, 3.8) is 0 Å². The summed E-state index contributed by atoms with van der Waals surface area (Å²) in [6.45, 7) is 8.42. The lowest BCUT2D eigenvalue weighted by Crippen LogP contribution is -2.27. The Balaban J connectivity index is 1.48. The quantitative estimate of drug-likeness (QED) is 0.921. The minimum atomic E-state index is 0.684. The van der Waals surface area contributed by atoms with E-state index >= 15 is 0 Å². The van der Waals surface area contributed by atoms with E-state index in [4.69, 9.17) is 0 Å². The number of hydrogen-bond acceptors (Lipinski definition) is 4. The van der Waals surface area contributed by atoms with Gasteiger partial charge in [-0.15, -0.1) is 0 Å². The molecule has 4 heteroatoms. The normalized spacial score (nSPS) is 18.5. The van der Waals surface area contributed by atoms with Gasteiger partial charge in [-0.3, -0.25) is 0 Å². The van der Waals surface area contributed by atoms with Gasteiger partial charge in [0.1, 0.15) is 12.1 Å². The Kier molecular flexibility index (Phi) is 4.68. The van der Waals surface area contributed by atoms with Gasteiger partial charge >= 0.3 is 0 Å². The standard InChI is InChI=1S/C18H24N4/c1-14-15(2)20-13-21-18(14)19-9-11-22-10-8-17(12-22)16-6-4-3-5-7-16/h3-7,13,17H,8-12H2,1-2H3,(H,19,20,21)/t17-/m0/s1. The lowest BCUT2D eigenvalue weighted by molar-refractivity contribution is 0.348. The second-order valence-electron chi connectivity index (χ2n) is 6.06. The van der Waals surface area contributed by atoms with Gasteiger partial charge in [-0.2, -0.15) is 0 Å². The van der Waals surface area contributed by atoms with E-state index in [1.165, 1.54) is 18.5 Å². The Morgan fingerprint density at radius 2 is 2.00 bits per heavy atom. The zero-order valence-electron chi connectivity index (χ0n) is 13.4. The van der Waals surface area contributed by atoms with Crippen molar-refractivity contribution in [2.24, 2.45) is 0 Å². The Morgan fingerprint density at radius 1 is 1.18 bits per heavy atom. The van der Waals surface area contributed by atoms with E-state index in [0.717, 1.165) is 36.7 Å². The van der Waals surface area contributed by atoms with E-state index in [1.54, 1.807) is 6.33 Å². The van der Waals surface area contributed by atoms with E-state index in [2.05, 4.69) is 57.4 Å². The number of aryl methyl sites for hydroxylation is 1. The lowest BCUT2D eigenvalue weighted by atomic mass is 9.99. The van der Waals surface area contributed by atoms with Gasteiger partial charge in [0, 0.05) is 30.9 Å². The number of benzene rings is 1. The van der Waals surface area contributed by atoms with Crippen molar-refractivity contribution in [1.29, 1.82) is 0 Å². The molecule has 0 unspecified atom stereocenters. The minimum absolute atomic E-state index is 0.684. The Bertz CT molecular complexity index is 612. The summed E-state index contributed by atoms with van der Waals surface area (Å²) in [6, 6.07) is 10.9. The molecule has 1 N–H and O–H groups in total. The summed E-state index contributed by atoms with van der Waals surface area (Å²) in [4.78, 5) is 11.1. The van der Waals surface area contributed by atoms with Crippen molar-refractivity contribution in [3.05, 3.63) is 53.5 Å². The van der Waals surface area contributed by atoms with Crippen LogP contribution in [0.1, 0.15) is 29.2 Å². The first-order valence-electron chi connectivity index (χ1n) is 8.03. The molecule has 1 atom stereocenters. The first-order valence-corrected chi connectivity index (χ1v) is 8.03. The fourth-order valence-corrected chi connectivity index (χ4v) is 3.08. The number of nitrogens with one attached hydrogen (secondary N) is 1. The largest absolute Gasteiger partial charge is 0.368 e. The highest BCUT2D eigenvalue weighted by Crippen LogP contribution is 2.26. The molecule has 1 fully saturated rings. The third kappa shape index (κ3) is 3.45. The summed E-state index contributed by atoms with van der Waals surface area (Å²) in [7, 11) is 0. The number of aromatic nitrogens is 2. The second-order valence-corrected chi connectivity index (χ2v) is 6.06. The van der Waals surface area contributed by atoms with Crippen LogP contribution in [0.4, 0.5) is 5.82 Å². The fourth-order valence-electron chi connectivity index (χ4n) is 3.08. The molecule has 0 aliphatic carbocycles. The van der Waals surface area contributed by atoms with Crippen LogP contribution in [-0.4, -0.2) is 41.0 Å². The van der Waals surface area contributed by atoms with Crippen LogP contribution in [0.2, 0.25) is 0 Å². The van der Waals surface area contributed by atoms with Gasteiger partial charge in [0.05, 0.1) is 0 Å². The molecule has 3 rings (SSSR count). The molecule has 0 radical (unpaired) electrons. The van der Waals surface area contributed by atoms with Crippen LogP contribution >= 0.6 is 0 Å². The van der Waals surface area contributed by atoms with Crippen LogP contribution in [0, 0.1) is 13.8 Å². The molecule has 0 bridgehead atoms. The summed E-state index contributed by atoms with van der Waals surface area (Å²) in [6.07, 6.45) is 2.89. The summed E-state index contributed by atoms with van der Waals surface area (Å²) in [5, 5.41) is 3.44. The summed E-state index contributed by atoms with van der Waals surface area (Å²) in [5.74, 6) is 1.65. The Morgan fingerprint density at radius 3 is 2.82 bits per heavy atom. The number of anilines is 1. The van der Waals surface area contributed by atoms with Crippen LogP contribution in [0.3, 0.4) is 0 Å². The van der Waals surface area contributed by atoms with Crippen molar-refractivity contribution < 1.29 is 0 Å². The molecule has 2 heterocycles. The summed E-state index contributed by atoms with van der Waals surface area (Å²) < 4.78 is 0. The molecule has 1 aromatic carbocycles.